The van der Waals surface area contributed by atoms with Crippen molar-refractivity contribution in [3.8, 4) is 0 Å². The van der Waals surface area contributed by atoms with E-state index in [-0.39, 0.29) is 14.5 Å². The molecule has 0 radical (unpaired) electrons. The van der Waals surface area contributed by atoms with E-state index in [4.69, 9.17) is 8.19 Å². The van der Waals surface area contributed by atoms with E-state index < -0.39 is 19.1 Å². The second-order valence-electron chi connectivity index (χ2n) is 2.44. The van der Waals surface area contributed by atoms with Crippen LogP contribution in [-0.2, 0) is 3.74 Å². The third kappa shape index (κ3) is 2.45. The SMILES string of the molecule is O=[N+]([O-])c1cc([As](=O)(O)O)ccc1Br. The van der Waals surface area contributed by atoms with Crippen LogP contribution >= 0.6 is 15.9 Å². The molecule has 14 heavy (non-hydrogen) atoms. The van der Waals surface area contributed by atoms with Gasteiger partial charge in [-0.05, 0) is 0 Å². The zero-order valence-corrected chi connectivity index (χ0v) is 10.1. The molecular weight excluding hydrogens is 321 g/mol. The normalized spacial score (nSPS) is 11.4. The molecule has 0 saturated heterocycles. The Balaban J connectivity index is 3.34. The van der Waals surface area contributed by atoms with Gasteiger partial charge in [-0.2, -0.15) is 0 Å². The number of hydrogen-bond donors (Lipinski definition) is 2. The average molecular weight is 326 g/mol. The summed E-state index contributed by atoms with van der Waals surface area (Å²) in [6.45, 7) is 0. The van der Waals surface area contributed by atoms with E-state index in [1.165, 1.54) is 6.07 Å². The molecule has 0 aliphatic rings. The molecule has 1 aromatic rings. The van der Waals surface area contributed by atoms with Crippen molar-refractivity contribution in [1.82, 2.24) is 0 Å². The molecule has 1 aromatic carbocycles. The predicted octanol–water partition coefficient (Wildman–Crippen LogP) is -0.0817. The van der Waals surface area contributed by atoms with Crippen LogP contribution in [0, 0.1) is 10.1 Å². The summed E-state index contributed by atoms with van der Waals surface area (Å²) in [5.41, 5.74) is -0.354. The van der Waals surface area contributed by atoms with Crippen LogP contribution in [0.15, 0.2) is 22.7 Å². The molecule has 0 aliphatic carbocycles. The van der Waals surface area contributed by atoms with Gasteiger partial charge in [0, 0.05) is 0 Å². The summed E-state index contributed by atoms with van der Waals surface area (Å²) in [7, 11) is 0. The summed E-state index contributed by atoms with van der Waals surface area (Å²) in [4.78, 5) is 9.72. The summed E-state index contributed by atoms with van der Waals surface area (Å²) < 4.78 is 28.4. The van der Waals surface area contributed by atoms with Gasteiger partial charge in [0.25, 0.3) is 0 Å². The van der Waals surface area contributed by atoms with Crippen LogP contribution in [-0.4, -0.2) is 27.3 Å². The predicted molar refractivity (Wildman–Crippen MR) is 51.3 cm³/mol. The van der Waals surface area contributed by atoms with Crippen molar-refractivity contribution in [2.24, 2.45) is 0 Å². The fourth-order valence-corrected chi connectivity index (χ4v) is 2.39. The van der Waals surface area contributed by atoms with E-state index >= 15 is 0 Å². The van der Waals surface area contributed by atoms with Gasteiger partial charge in [-0.25, -0.2) is 0 Å². The van der Waals surface area contributed by atoms with Crippen molar-refractivity contribution in [3.05, 3.63) is 32.8 Å². The molecule has 6 nitrogen and oxygen atoms in total. The Morgan fingerprint density at radius 1 is 1.43 bits per heavy atom. The minimum absolute atomic E-state index is 0.190. The summed E-state index contributed by atoms with van der Waals surface area (Å²) in [5, 5.41) is 10.4. The number of halogens is 1. The van der Waals surface area contributed by atoms with Crippen LogP contribution in [0.1, 0.15) is 0 Å². The monoisotopic (exact) mass is 325 g/mol. The Morgan fingerprint density at radius 3 is 2.43 bits per heavy atom. The van der Waals surface area contributed by atoms with Crippen LogP contribution in [0.2, 0.25) is 0 Å². The van der Waals surface area contributed by atoms with Crippen LogP contribution in [0.3, 0.4) is 0 Å². The molecule has 0 aliphatic heterocycles. The number of nitro groups is 1. The van der Waals surface area contributed by atoms with E-state index in [9.17, 15) is 13.9 Å². The van der Waals surface area contributed by atoms with Gasteiger partial charge < -0.3 is 0 Å². The number of benzene rings is 1. The molecule has 0 saturated carbocycles. The molecule has 0 aromatic heterocycles. The van der Waals surface area contributed by atoms with E-state index in [1.54, 1.807) is 0 Å². The van der Waals surface area contributed by atoms with Crippen molar-refractivity contribution in [3.63, 3.8) is 0 Å². The molecule has 0 heterocycles. The summed E-state index contributed by atoms with van der Waals surface area (Å²) in [5.74, 6) is 0. The zero-order valence-electron chi connectivity index (χ0n) is 6.62. The van der Waals surface area contributed by atoms with Crippen molar-refractivity contribution >= 4 is 40.1 Å². The van der Waals surface area contributed by atoms with Crippen LogP contribution in [0.25, 0.3) is 0 Å². The summed E-state index contributed by atoms with van der Waals surface area (Å²) >= 11 is -2.13. The molecule has 0 fully saturated rings. The van der Waals surface area contributed by atoms with Crippen molar-refractivity contribution in [1.29, 1.82) is 0 Å². The topological polar surface area (TPSA) is 101 Å². The van der Waals surface area contributed by atoms with Gasteiger partial charge in [-0.3, -0.25) is 0 Å². The Labute approximate surface area is 89.8 Å². The van der Waals surface area contributed by atoms with Gasteiger partial charge in [0.05, 0.1) is 0 Å². The molecule has 8 heteroatoms. The fourth-order valence-electron chi connectivity index (χ4n) is 0.822. The van der Waals surface area contributed by atoms with Crippen molar-refractivity contribution in [2.75, 3.05) is 0 Å². The maximum atomic E-state index is 10.8. The first-order valence-corrected chi connectivity index (χ1v) is 7.50. The molecule has 0 unspecified atom stereocenters. The zero-order chi connectivity index (χ0) is 10.9. The Morgan fingerprint density at radius 2 is 2.00 bits per heavy atom. The Bertz CT molecular complexity index is 428. The van der Waals surface area contributed by atoms with E-state index in [0.29, 0.717) is 0 Å². The van der Waals surface area contributed by atoms with Gasteiger partial charge in [0.15, 0.2) is 0 Å². The summed E-state index contributed by atoms with van der Waals surface area (Å²) in [6.07, 6.45) is 0. The van der Waals surface area contributed by atoms with Crippen LogP contribution in [0.5, 0.6) is 0 Å². The fraction of sp³-hybridized carbons (Fsp3) is 0. The standard InChI is InChI=1S/C6H5AsBrNO5/c8-5-2-1-4(7(10,11)12)3-6(5)9(13)14/h1-3H,(H2,10,11,12). The number of hydrogen-bond acceptors (Lipinski definition) is 3. The van der Waals surface area contributed by atoms with Gasteiger partial charge in [-0.1, -0.05) is 0 Å². The molecular formula is C6H5AsBrNO5. The number of nitrogens with zero attached hydrogens (tertiary/aromatic N) is 1. The van der Waals surface area contributed by atoms with Crippen molar-refractivity contribution < 1.29 is 16.9 Å². The van der Waals surface area contributed by atoms with Gasteiger partial charge in [0.2, 0.25) is 0 Å². The molecule has 76 valence electrons. The Hall–Kier alpha value is -0.622. The van der Waals surface area contributed by atoms with Crippen LogP contribution < -0.4 is 4.35 Å². The molecule has 2 N–H and O–H groups in total. The maximum absolute atomic E-state index is 10.8. The van der Waals surface area contributed by atoms with E-state index in [0.717, 1.165) is 12.1 Å². The Kier molecular flexibility index (Phi) is 3.16. The van der Waals surface area contributed by atoms with Crippen molar-refractivity contribution in [2.45, 2.75) is 0 Å². The number of nitro benzene ring substituents is 1. The molecule has 0 atom stereocenters. The summed E-state index contributed by atoms with van der Waals surface area (Å²) in [6, 6.07) is 3.29. The quantitative estimate of drug-likeness (QED) is 0.450. The van der Waals surface area contributed by atoms with E-state index in [2.05, 4.69) is 15.9 Å². The van der Waals surface area contributed by atoms with Gasteiger partial charge >= 0.3 is 89.8 Å². The first-order valence-electron chi connectivity index (χ1n) is 3.32. The first-order chi connectivity index (χ1) is 6.32. The molecule has 1 rings (SSSR count). The van der Waals surface area contributed by atoms with E-state index in [1.807, 2.05) is 0 Å². The number of rotatable bonds is 2. The molecule has 0 bridgehead atoms. The average Bonchev–Trinajstić information content (AvgIpc) is 2.02. The van der Waals surface area contributed by atoms with Gasteiger partial charge in [-0.15, -0.1) is 0 Å². The van der Waals surface area contributed by atoms with Crippen LogP contribution in [0.4, 0.5) is 5.69 Å². The van der Waals surface area contributed by atoms with Gasteiger partial charge in [0.1, 0.15) is 0 Å². The second-order valence-corrected chi connectivity index (χ2v) is 6.66. The first kappa shape index (κ1) is 11.5. The third-order valence-corrected chi connectivity index (χ3v) is 4.13. The second kappa shape index (κ2) is 3.86. The molecule has 0 spiro atoms. The minimum atomic E-state index is -5.04. The third-order valence-electron chi connectivity index (χ3n) is 1.46. The molecule has 0 amide bonds.